The van der Waals surface area contributed by atoms with Crippen LogP contribution in [-0.2, 0) is 9.59 Å². The van der Waals surface area contributed by atoms with E-state index in [9.17, 15) is 18.4 Å². The fourth-order valence-electron chi connectivity index (χ4n) is 1.29. The van der Waals surface area contributed by atoms with Crippen molar-refractivity contribution in [3.05, 3.63) is 24.3 Å². The highest BCUT2D eigenvalue weighted by Gasteiger charge is 2.16. The zero-order valence-electron chi connectivity index (χ0n) is 9.81. The number of anilines is 1. The number of carbonyl (C=O) groups excluding carboxylic acids is 2. The van der Waals surface area contributed by atoms with Gasteiger partial charge in [0.2, 0.25) is 11.8 Å². The monoisotopic (exact) mass is 273 g/mol. The molecule has 5 N–H and O–H groups in total. The van der Waals surface area contributed by atoms with Gasteiger partial charge in [0.15, 0.2) is 0 Å². The summed E-state index contributed by atoms with van der Waals surface area (Å²) in [6.07, 6.45) is -0.306. The molecule has 0 radical (unpaired) electrons. The number of rotatable bonds is 6. The molecule has 0 saturated carbocycles. The van der Waals surface area contributed by atoms with Gasteiger partial charge in [0.25, 0.3) is 0 Å². The van der Waals surface area contributed by atoms with Crippen LogP contribution in [0.15, 0.2) is 24.3 Å². The van der Waals surface area contributed by atoms with Gasteiger partial charge in [-0.1, -0.05) is 6.07 Å². The molecule has 0 fully saturated rings. The lowest BCUT2D eigenvalue weighted by Crippen LogP contribution is -2.38. The molecule has 1 aromatic rings. The molecule has 0 spiro atoms. The lowest BCUT2D eigenvalue weighted by molar-refractivity contribution is -0.123. The number of halogens is 2. The minimum Gasteiger partial charge on any atom is -0.435 e. The van der Waals surface area contributed by atoms with E-state index in [1.165, 1.54) is 24.3 Å². The van der Waals surface area contributed by atoms with Gasteiger partial charge < -0.3 is 21.5 Å². The third-order valence-corrected chi connectivity index (χ3v) is 2.08. The maximum atomic E-state index is 12.0. The maximum absolute atomic E-state index is 12.0. The molecule has 0 aliphatic carbocycles. The van der Waals surface area contributed by atoms with E-state index in [4.69, 9.17) is 11.5 Å². The largest absolute Gasteiger partial charge is 0.435 e. The second-order valence-corrected chi connectivity index (χ2v) is 3.67. The van der Waals surface area contributed by atoms with Crippen LogP contribution in [-0.4, -0.2) is 24.5 Å². The summed E-state index contributed by atoms with van der Waals surface area (Å²) < 4.78 is 28.2. The second kappa shape index (κ2) is 6.64. The van der Waals surface area contributed by atoms with Crippen LogP contribution in [0.1, 0.15) is 6.42 Å². The zero-order chi connectivity index (χ0) is 14.4. The van der Waals surface area contributed by atoms with E-state index >= 15 is 0 Å². The van der Waals surface area contributed by atoms with E-state index in [1.807, 2.05) is 0 Å². The quantitative estimate of drug-likeness (QED) is 0.698. The van der Waals surface area contributed by atoms with Crippen LogP contribution in [0.2, 0.25) is 0 Å². The molecule has 0 heterocycles. The maximum Gasteiger partial charge on any atom is 0.387 e. The number of benzene rings is 1. The summed E-state index contributed by atoms with van der Waals surface area (Å²) in [4.78, 5) is 22.1. The van der Waals surface area contributed by atoms with E-state index in [0.717, 1.165) is 0 Å². The van der Waals surface area contributed by atoms with Gasteiger partial charge in [0.05, 0.1) is 12.5 Å². The fraction of sp³-hybridized carbons (Fsp3) is 0.273. The number of nitrogens with two attached hydrogens (primary N) is 2. The Morgan fingerprint density at radius 2 is 2.05 bits per heavy atom. The van der Waals surface area contributed by atoms with E-state index in [0.29, 0.717) is 0 Å². The summed E-state index contributed by atoms with van der Waals surface area (Å²) in [6.45, 7) is -2.96. The molecule has 1 atom stereocenters. The Morgan fingerprint density at radius 1 is 1.37 bits per heavy atom. The van der Waals surface area contributed by atoms with Gasteiger partial charge in [-0.25, -0.2) is 0 Å². The molecule has 1 aromatic carbocycles. The molecular formula is C11H13F2N3O3. The average molecular weight is 273 g/mol. The summed E-state index contributed by atoms with van der Waals surface area (Å²) >= 11 is 0. The van der Waals surface area contributed by atoms with Crippen molar-refractivity contribution in [2.45, 2.75) is 19.1 Å². The van der Waals surface area contributed by atoms with Gasteiger partial charge in [-0.05, 0) is 12.1 Å². The Hall–Kier alpha value is -2.22. The molecule has 1 unspecified atom stereocenters. The molecular weight excluding hydrogens is 260 g/mol. The first-order chi connectivity index (χ1) is 8.88. The van der Waals surface area contributed by atoms with Crippen molar-refractivity contribution in [1.82, 2.24) is 0 Å². The third kappa shape index (κ3) is 5.30. The smallest absolute Gasteiger partial charge is 0.387 e. The van der Waals surface area contributed by atoms with Crippen LogP contribution in [0.5, 0.6) is 5.75 Å². The number of nitrogens with one attached hydrogen (secondary N) is 1. The molecule has 0 aliphatic heterocycles. The summed E-state index contributed by atoms with van der Waals surface area (Å²) in [5, 5.41) is 2.36. The predicted molar refractivity (Wildman–Crippen MR) is 63.5 cm³/mol. The Balaban J connectivity index is 2.66. The Bertz CT molecular complexity index is 468. The van der Waals surface area contributed by atoms with Crippen molar-refractivity contribution in [3.8, 4) is 5.75 Å². The van der Waals surface area contributed by atoms with Crippen LogP contribution in [0.3, 0.4) is 0 Å². The van der Waals surface area contributed by atoms with Crippen molar-refractivity contribution in [2.24, 2.45) is 11.5 Å². The van der Waals surface area contributed by atoms with Crippen LogP contribution >= 0.6 is 0 Å². The first kappa shape index (κ1) is 14.8. The zero-order valence-corrected chi connectivity index (χ0v) is 9.81. The topological polar surface area (TPSA) is 107 Å². The van der Waals surface area contributed by atoms with Crippen molar-refractivity contribution in [2.75, 3.05) is 5.32 Å². The van der Waals surface area contributed by atoms with Crippen LogP contribution in [0, 0.1) is 0 Å². The Kier molecular flexibility index (Phi) is 5.19. The van der Waals surface area contributed by atoms with Crippen molar-refractivity contribution in [3.63, 3.8) is 0 Å². The molecule has 1 rings (SSSR count). The van der Waals surface area contributed by atoms with E-state index in [2.05, 4.69) is 10.1 Å². The molecule has 0 aliphatic rings. The van der Waals surface area contributed by atoms with Gasteiger partial charge in [-0.15, -0.1) is 0 Å². The van der Waals surface area contributed by atoms with Crippen molar-refractivity contribution < 1.29 is 23.1 Å². The lowest BCUT2D eigenvalue weighted by atomic mass is 10.2. The molecule has 8 heteroatoms. The van der Waals surface area contributed by atoms with Gasteiger partial charge in [-0.3, -0.25) is 9.59 Å². The summed E-state index contributed by atoms with van der Waals surface area (Å²) in [6, 6.07) is 4.31. The van der Waals surface area contributed by atoms with E-state index in [1.54, 1.807) is 0 Å². The number of primary amides is 1. The number of alkyl halides is 2. The first-order valence-corrected chi connectivity index (χ1v) is 5.28. The van der Waals surface area contributed by atoms with Crippen LogP contribution < -0.4 is 21.5 Å². The minimum atomic E-state index is -2.96. The number of ether oxygens (including phenoxy) is 1. The van der Waals surface area contributed by atoms with Crippen LogP contribution in [0.4, 0.5) is 14.5 Å². The molecule has 104 valence electrons. The van der Waals surface area contributed by atoms with Gasteiger partial charge >= 0.3 is 6.61 Å². The fourth-order valence-corrected chi connectivity index (χ4v) is 1.29. The van der Waals surface area contributed by atoms with E-state index < -0.39 is 24.5 Å². The lowest BCUT2D eigenvalue weighted by Gasteiger charge is -2.11. The Labute approximate surface area is 107 Å². The third-order valence-electron chi connectivity index (χ3n) is 2.08. The predicted octanol–water partition coefficient (Wildman–Crippen LogP) is 0.429. The second-order valence-electron chi connectivity index (χ2n) is 3.67. The van der Waals surface area contributed by atoms with E-state index in [-0.39, 0.29) is 17.9 Å². The SMILES string of the molecule is NC(=O)CC(N)C(=O)Nc1cccc(OC(F)F)c1. The number of hydrogen-bond donors (Lipinski definition) is 3. The molecule has 0 saturated heterocycles. The average Bonchev–Trinajstić information content (AvgIpc) is 2.27. The van der Waals surface area contributed by atoms with Crippen molar-refractivity contribution >= 4 is 17.5 Å². The standard InChI is InChI=1S/C11H13F2N3O3/c12-11(13)19-7-3-1-2-6(4-7)16-10(18)8(14)5-9(15)17/h1-4,8,11H,5,14H2,(H2,15,17)(H,16,18). The first-order valence-electron chi connectivity index (χ1n) is 5.28. The summed E-state index contributed by atoms with van der Waals surface area (Å²) in [5.41, 5.74) is 10.5. The molecule has 0 aromatic heterocycles. The number of carbonyl (C=O) groups is 2. The van der Waals surface area contributed by atoms with Gasteiger partial charge in [-0.2, -0.15) is 8.78 Å². The molecule has 19 heavy (non-hydrogen) atoms. The summed E-state index contributed by atoms with van der Waals surface area (Å²) in [7, 11) is 0. The summed E-state index contributed by atoms with van der Waals surface area (Å²) in [5.74, 6) is -1.46. The van der Waals surface area contributed by atoms with Crippen molar-refractivity contribution in [1.29, 1.82) is 0 Å². The Morgan fingerprint density at radius 3 is 2.63 bits per heavy atom. The number of hydrogen-bond acceptors (Lipinski definition) is 4. The van der Waals surface area contributed by atoms with Gasteiger partial charge in [0.1, 0.15) is 5.75 Å². The minimum absolute atomic E-state index is 0.101. The van der Waals surface area contributed by atoms with Crippen LogP contribution in [0.25, 0.3) is 0 Å². The highest BCUT2D eigenvalue weighted by Crippen LogP contribution is 2.19. The van der Waals surface area contributed by atoms with Gasteiger partial charge in [0, 0.05) is 11.8 Å². The normalized spacial score (nSPS) is 12.0. The number of amides is 2. The molecule has 2 amide bonds. The molecule has 6 nitrogen and oxygen atoms in total. The highest BCUT2D eigenvalue weighted by molar-refractivity contribution is 5.97. The molecule has 0 bridgehead atoms. The highest BCUT2D eigenvalue weighted by atomic mass is 19.3.